The van der Waals surface area contributed by atoms with Crippen molar-refractivity contribution < 1.29 is 5.11 Å². The van der Waals surface area contributed by atoms with Crippen LogP contribution in [0.5, 0.6) is 5.75 Å². The molecule has 1 aromatic carbocycles. The third kappa shape index (κ3) is 2.21. The van der Waals surface area contributed by atoms with Crippen molar-refractivity contribution in [3.8, 4) is 11.8 Å². The van der Waals surface area contributed by atoms with Gasteiger partial charge in [0.1, 0.15) is 11.8 Å². The number of halogens is 1. The molecule has 3 N–H and O–H groups in total. The molecule has 0 spiro atoms. The molecule has 0 radical (unpaired) electrons. The summed E-state index contributed by atoms with van der Waals surface area (Å²) in [4.78, 5) is 0. The molecule has 1 aliphatic carbocycles. The third-order valence-electron chi connectivity index (χ3n) is 2.94. The fourth-order valence-electron chi connectivity index (χ4n) is 1.86. The molecule has 1 aromatic rings. The van der Waals surface area contributed by atoms with Gasteiger partial charge in [0.2, 0.25) is 0 Å². The molecular weight excluding hydrogens is 268 g/mol. The lowest BCUT2D eigenvalue weighted by molar-refractivity contribution is 0.453. The zero-order chi connectivity index (χ0) is 11.7. The Bertz CT molecular complexity index is 449. The standard InChI is InChI=1S/C12H13BrN2O/c13-9-4-3-8(6-14)12(16)11(9)10(15)5-7-1-2-7/h3-4,7,10,16H,1-2,5,15H2/t10-/m0/s1. The molecular formula is C12H13BrN2O. The summed E-state index contributed by atoms with van der Waals surface area (Å²) < 4.78 is 0.775. The molecule has 0 unspecified atom stereocenters. The fourth-order valence-corrected chi connectivity index (χ4v) is 2.47. The molecule has 0 heterocycles. The molecule has 0 amide bonds. The molecule has 4 heteroatoms. The van der Waals surface area contributed by atoms with E-state index in [4.69, 9.17) is 11.0 Å². The first-order valence-corrected chi connectivity index (χ1v) is 6.09. The molecule has 0 saturated heterocycles. The van der Waals surface area contributed by atoms with Crippen molar-refractivity contribution in [2.75, 3.05) is 0 Å². The van der Waals surface area contributed by atoms with Gasteiger partial charge in [-0.1, -0.05) is 28.8 Å². The van der Waals surface area contributed by atoms with E-state index in [1.54, 1.807) is 12.1 Å². The van der Waals surface area contributed by atoms with Crippen molar-refractivity contribution in [3.05, 3.63) is 27.7 Å². The number of phenolic OH excluding ortho intramolecular Hbond substituents is 1. The van der Waals surface area contributed by atoms with E-state index in [1.807, 2.05) is 6.07 Å². The molecule has 1 fully saturated rings. The fraction of sp³-hybridized carbons (Fsp3) is 0.417. The maximum atomic E-state index is 9.94. The van der Waals surface area contributed by atoms with Gasteiger partial charge in [0, 0.05) is 16.1 Å². The normalized spacial score (nSPS) is 16.8. The van der Waals surface area contributed by atoms with Crippen LogP contribution in [0.3, 0.4) is 0 Å². The van der Waals surface area contributed by atoms with E-state index < -0.39 is 0 Å². The van der Waals surface area contributed by atoms with Gasteiger partial charge < -0.3 is 10.8 Å². The molecule has 2 rings (SSSR count). The number of nitrogens with two attached hydrogens (primary N) is 1. The van der Waals surface area contributed by atoms with Gasteiger partial charge in [-0.2, -0.15) is 5.26 Å². The van der Waals surface area contributed by atoms with Crippen LogP contribution >= 0.6 is 15.9 Å². The molecule has 84 valence electrons. The number of aromatic hydroxyl groups is 1. The predicted octanol–water partition coefficient (Wildman–Crippen LogP) is 2.83. The van der Waals surface area contributed by atoms with Crippen LogP contribution in [0.1, 0.15) is 36.4 Å². The topological polar surface area (TPSA) is 70.0 Å². The Morgan fingerprint density at radius 2 is 2.25 bits per heavy atom. The van der Waals surface area contributed by atoms with Crippen molar-refractivity contribution in [1.82, 2.24) is 0 Å². The van der Waals surface area contributed by atoms with Crippen LogP contribution in [-0.2, 0) is 0 Å². The number of nitrogens with zero attached hydrogens (tertiary/aromatic N) is 1. The lowest BCUT2D eigenvalue weighted by atomic mass is 9.99. The van der Waals surface area contributed by atoms with Crippen molar-refractivity contribution >= 4 is 15.9 Å². The van der Waals surface area contributed by atoms with Gasteiger partial charge in [-0.3, -0.25) is 0 Å². The second-order valence-electron chi connectivity index (χ2n) is 4.25. The maximum Gasteiger partial charge on any atom is 0.139 e. The van der Waals surface area contributed by atoms with E-state index in [2.05, 4.69) is 15.9 Å². The summed E-state index contributed by atoms with van der Waals surface area (Å²) in [7, 11) is 0. The second kappa shape index (κ2) is 4.44. The molecule has 0 bridgehead atoms. The van der Waals surface area contributed by atoms with Crippen LogP contribution in [-0.4, -0.2) is 5.11 Å². The van der Waals surface area contributed by atoms with E-state index in [-0.39, 0.29) is 17.4 Å². The average Bonchev–Trinajstić information content (AvgIpc) is 3.02. The average molecular weight is 281 g/mol. The first-order chi connectivity index (χ1) is 7.63. The van der Waals surface area contributed by atoms with Gasteiger partial charge in [-0.25, -0.2) is 0 Å². The van der Waals surface area contributed by atoms with Crippen molar-refractivity contribution in [3.63, 3.8) is 0 Å². The van der Waals surface area contributed by atoms with Gasteiger partial charge in [0.25, 0.3) is 0 Å². The van der Waals surface area contributed by atoms with Gasteiger partial charge in [-0.15, -0.1) is 0 Å². The van der Waals surface area contributed by atoms with Crippen molar-refractivity contribution in [2.24, 2.45) is 11.7 Å². The van der Waals surface area contributed by atoms with Gasteiger partial charge in [-0.05, 0) is 24.5 Å². The molecule has 1 atom stereocenters. The van der Waals surface area contributed by atoms with Gasteiger partial charge >= 0.3 is 0 Å². The van der Waals surface area contributed by atoms with E-state index >= 15 is 0 Å². The maximum absolute atomic E-state index is 9.94. The SMILES string of the molecule is N#Cc1ccc(Br)c([C@@H](N)CC2CC2)c1O. The molecule has 1 saturated carbocycles. The minimum Gasteiger partial charge on any atom is -0.506 e. The van der Waals surface area contributed by atoms with Crippen molar-refractivity contribution in [2.45, 2.75) is 25.3 Å². The largest absolute Gasteiger partial charge is 0.506 e. The summed E-state index contributed by atoms with van der Waals surface area (Å²) in [6.45, 7) is 0. The Labute approximate surface area is 103 Å². The minimum atomic E-state index is -0.199. The summed E-state index contributed by atoms with van der Waals surface area (Å²) >= 11 is 3.37. The lowest BCUT2D eigenvalue weighted by Crippen LogP contribution is -2.12. The minimum absolute atomic E-state index is 0.0185. The first-order valence-electron chi connectivity index (χ1n) is 5.30. The molecule has 0 aromatic heterocycles. The number of phenols is 1. The number of hydrogen-bond donors (Lipinski definition) is 2. The van der Waals surface area contributed by atoms with Crippen LogP contribution in [0, 0.1) is 17.2 Å². The highest BCUT2D eigenvalue weighted by atomic mass is 79.9. The van der Waals surface area contributed by atoms with Crippen LogP contribution in [0.15, 0.2) is 16.6 Å². The van der Waals surface area contributed by atoms with E-state index in [0.29, 0.717) is 11.5 Å². The summed E-state index contributed by atoms with van der Waals surface area (Å²) in [5.41, 5.74) is 7.00. The summed E-state index contributed by atoms with van der Waals surface area (Å²) in [5, 5.41) is 18.8. The summed E-state index contributed by atoms with van der Waals surface area (Å²) in [6.07, 6.45) is 3.33. The Balaban J connectivity index is 2.33. The Morgan fingerprint density at radius 1 is 1.56 bits per heavy atom. The quantitative estimate of drug-likeness (QED) is 0.895. The Morgan fingerprint density at radius 3 is 2.81 bits per heavy atom. The summed E-state index contributed by atoms with van der Waals surface area (Å²) in [5.74, 6) is 0.706. The Hall–Kier alpha value is -1.05. The highest BCUT2D eigenvalue weighted by molar-refractivity contribution is 9.10. The van der Waals surface area contributed by atoms with E-state index in [9.17, 15) is 5.11 Å². The van der Waals surface area contributed by atoms with Crippen molar-refractivity contribution in [1.29, 1.82) is 5.26 Å². The van der Waals surface area contributed by atoms with Crippen LogP contribution in [0.4, 0.5) is 0 Å². The highest BCUT2D eigenvalue weighted by Gasteiger charge is 2.27. The van der Waals surface area contributed by atoms with Gasteiger partial charge in [0.15, 0.2) is 0 Å². The van der Waals surface area contributed by atoms with Crippen LogP contribution in [0.25, 0.3) is 0 Å². The third-order valence-corrected chi connectivity index (χ3v) is 3.63. The number of hydrogen-bond acceptors (Lipinski definition) is 3. The second-order valence-corrected chi connectivity index (χ2v) is 5.11. The number of benzene rings is 1. The Kier molecular flexibility index (Phi) is 3.17. The molecule has 3 nitrogen and oxygen atoms in total. The van der Waals surface area contributed by atoms with E-state index in [0.717, 1.165) is 10.9 Å². The van der Waals surface area contributed by atoms with Gasteiger partial charge in [0.05, 0.1) is 5.56 Å². The van der Waals surface area contributed by atoms with Crippen LogP contribution in [0.2, 0.25) is 0 Å². The molecule has 1 aliphatic rings. The smallest absolute Gasteiger partial charge is 0.139 e. The molecule has 16 heavy (non-hydrogen) atoms. The van der Waals surface area contributed by atoms with E-state index in [1.165, 1.54) is 12.8 Å². The highest BCUT2D eigenvalue weighted by Crippen LogP contribution is 2.41. The monoisotopic (exact) mass is 280 g/mol. The molecule has 0 aliphatic heterocycles. The number of nitriles is 1. The zero-order valence-electron chi connectivity index (χ0n) is 8.78. The first kappa shape index (κ1) is 11.4. The summed E-state index contributed by atoms with van der Waals surface area (Å²) in [6, 6.07) is 5.12. The zero-order valence-corrected chi connectivity index (χ0v) is 10.4. The predicted molar refractivity (Wildman–Crippen MR) is 64.8 cm³/mol. The van der Waals surface area contributed by atoms with Crippen LogP contribution < -0.4 is 5.73 Å². The lowest BCUT2D eigenvalue weighted by Gasteiger charge is -2.15. The number of rotatable bonds is 3.